The second-order valence-electron chi connectivity index (χ2n) is 6.60. The fourth-order valence-corrected chi connectivity index (χ4v) is 4.02. The molecule has 0 aliphatic heterocycles. The van der Waals surface area contributed by atoms with Gasteiger partial charge in [-0.15, -0.1) is 16.8 Å². The number of rotatable bonds is 10. The van der Waals surface area contributed by atoms with E-state index >= 15 is 0 Å². The summed E-state index contributed by atoms with van der Waals surface area (Å²) in [7, 11) is 0. The van der Waals surface area contributed by atoms with E-state index in [2.05, 4.69) is 58.0 Å². The summed E-state index contributed by atoms with van der Waals surface area (Å²) in [6.45, 7) is 10.6. The number of hydrogen-bond donors (Lipinski definition) is 1. The standard InChI is InChI=1S/C22H25ClN6OS/c1-4-14-29-21(16-9-11-17(12-10-16)28(5-2)6-3)26-27-22(29)31-15-19(30)25-18-8-7-13-24-20(18)23/h4,7-13H,1,5-6,14-15H2,2-3H3,(H,25,30). The highest BCUT2D eigenvalue weighted by Gasteiger charge is 2.16. The van der Waals surface area contributed by atoms with Crippen molar-refractivity contribution < 1.29 is 4.79 Å². The number of nitrogens with zero attached hydrogens (tertiary/aromatic N) is 5. The summed E-state index contributed by atoms with van der Waals surface area (Å²) < 4.78 is 1.95. The zero-order valence-corrected chi connectivity index (χ0v) is 19.2. The van der Waals surface area contributed by atoms with Gasteiger partial charge >= 0.3 is 0 Å². The molecule has 0 spiro atoms. The number of thioether (sulfide) groups is 1. The Morgan fingerprint density at radius 2 is 1.97 bits per heavy atom. The molecule has 1 N–H and O–H groups in total. The SMILES string of the molecule is C=CCn1c(SCC(=O)Nc2cccnc2Cl)nnc1-c1ccc(N(CC)CC)cc1. The molecule has 0 aliphatic rings. The van der Waals surface area contributed by atoms with E-state index in [1.807, 2.05) is 16.7 Å². The lowest BCUT2D eigenvalue weighted by molar-refractivity contribution is -0.113. The zero-order valence-electron chi connectivity index (χ0n) is 17.6. The maximum Gasteiger partial charge on any atom is 0.234 e. The van der Waals surface area contributed by atoms with Gasteiger partial charge < -0.3 is 10.2 Å². The van der Waals surface area contributed by atoms with Crippen molar-refractivity contribution in [3.63, 3.8) is 0 Å². The van der Waals surface area contributed by atoms with Crippen molar-refractivity contribution in [3.05, 3.63) is 60.4 Å². The Kier molecular flexibility index (Phi) is 8.08. The quantitative estimate of drug-likeness (QED) is 0.269. The van der Waals surface area contributed by atoms with Crippen molar-refractivity contribution >= 4 is 40.6 Å². The first kappa shape index (κ1) is 22.8. The summed E-state index contributed by atoms with van der Waals surface area (Å²) in [5.74, 6) is 0.712. The fourth-order valence-electron chi connectivity index (χ4n) is 3.11. The van der Waals surface area contributed by atoms with Crippen molar-refractivity contribution in [3.8, 4) is 11.4 Å². The van der Waals surface area contributed by atoms with Gasteiger partial charge in [0.25, 0.3) is 0 Å². The van der Waals surface area contributed by atoms with Crippen LogP contribution in [0.4, 0.5) is 11.4 Å². The number of anilines is 2. The molecule has 7 nitrogen and oxygen atoms in total. The van der Waals surface area contributed by atoms with Gasteiger partial charge in [0.05, 0.1) is 11.4 Å². The maximum absolute atomic E-state index is 12.3. The van der Waals surface area contributed by atoms with Crippen LogP contribution in [0.25, 0.3) is 11.4 Å². The third kappa shape index (κ3) is 5.65. The molecule has 1 amide bonds. The molecule has 2 aromatic heterocycles. The van der Waals surface area contributed by atoms with E-state index in [-0.39, 0.29) is 16.8 Å². The summed E-state index contributed by atoms with van der Waals surface area (Å²) in [5, 5.41) is 12.3. The molecule has 0 radical (unpaired) electrons. The third-order valence-electron chi connectivity index (χ3n) is 4.65. The number of hydrogen-bond acceptors (Lipinski definition) is 6. The Hall–Kier alpha value is -2.84. The first-order valence-corrected chi connectivity index (χ1v) is 11.4. The predicted octanol–water partition coefficient (Wildman–Crippen LogP) is 4.76. The highest BCUT2D eigenvalue weighted by molar-refractivity contribution is 7.99. The molecule has 162 valence electrons. The molecule has 0 saturated heterocycles. The Labute approximate surface area is 191 Å². The van der Waals surface area contributed by atoms with Crippen molar-refractivity contribution in [1.82, 2.24) is 19.7 Å². The van der Waals surface area contributed by atoms with Crippen molar-refractivity contribution in [2.24, 2.45) is 0 Å². The Morgan fingerprint density at radius 1 is 1.23 bits per heavy atom. The second-order valence-corrected chi connectivity index (χ2v) is 7.90. The fraction of sp³-hybridized carbons (Fsp3) is 0.273. The normalized spacial score (nSPS) is 10.7. The Morgan fingerprint density at radius 3 is 2.61 bits per heavy atom. The minimum absolute atomic E-state index is 0.168. The molecule has 3 rings (SSSR count). The highest BCUT2D eigenvalue weighted by atomic mass is 35.5. The number of allylic oxidation sites excluding steroid dienone is 1. The summed E-state index contributed by atoms with van der Waals surface area (Å²) in [4.78, 5) is 18.6. The molecule has 0 aliphatic carbocycles. The van der Waals surface area contributed by atoms with Gasteiger partial charge in [-0.3, -0.25) is 9.36 Å². The molecule has 0 fully saturated rings. The number of carbonyl (C=O) groups is 1. The van der Waals surface area contributed by atoms with Crippen LogP contribution in [-0.2, 0) is 11.3 Å². The van der Waals surface area contributed by atoms with Gasteiger partial charge in [0.1, 0.15) is 0 Å². The molecule has 0 saturated carbocycles. The largest absolute Gasteiger partial charge is 0.372 e. The van der Waals surface area contributed by atoms with E-state index in [9.17, 15) is 4.79 Å². The van der Waals surface area contributed by atoms with Gasteiger partial charge in [-0.05, 0) is 50.2 Å². The van der Waals surface area contributed by atoms with Gasteiger partial charge in [-0.2, -0.15) is 0 Å². The molecule has 1 aromatic carbocycles. The van der Waals surface area contributed by atoms with Gasteiger partial charge in [-0.25, -0.2) is 4.98 Å². The molecule has 2 heterocycles. The number of pyridine rings is 1. The first-order chi connectivity index (χ1) is 15.1. The van der Waals surface area contributed by atoms with Crippen LogP contribution in [0.1, 0.15) is 13.8 Å². The number of nitrogens with one attached hydrogen (secondary N) is 1. The van der Waals surface area contributed by atoms with E-state index in [0.717, 1.165) is 24.5 Å². The smallest absolute Gasteiger partial charge is 0.234 e. The number of halogens is 1. The molecule has 0 bridgehead atoms. The van der Waals surface area contributed by atoms with E-state index < -0.39 is 0 Å². The van der Waals surface area contributed by atoms with Crippen LogP contribution in [0.5, 0.6) is 0 Å². The molecular weight excluding hydrogens is 432 g/mol. The lowest BCUT2D eigenvalue weighted by Gasteiger charge is -2.21. The average molecular weight is 457 g/mol. The van der Waals surface area contributed by atoms with Crippen LogP contribution < -0.4 is 10.2 Å². The maximum atomic E-state index is 12.3. The first-order valence-electron chi connectivity index (χ1n) is 10.00. The number of amides is 1. The predicted molar refractivity (Wildman–Crippen MR) is 128 cm³/mol. The number of benzene rings is 1. The van der Waals surface area contributed by atoms with Gasteiger partial charge in [-0.1, -0.05) is 29.4 Å². The lowest BCUT2D eigenvalue weighted by Crippen LogP contribution is -2.21. The highest BCUT2D eigenvalue weighted by Crippen LogP contribution is 2.26. The van der Waals surface area contributed by atoms with Crippen LogP contribution in [0.15, 0.2) is 60.4 Å². The second kappa shape index (κ2) is 11.0. The van der Waals surface area contributed by atoms with Crippen LogP contribution in [0.3, 0.4) is 0 Å². The molecule has 31 heavy (non-hydrogen) atoms. The summed E-state index contributed by atoms with van der Waals surface area (Å²) >= 11 is 7.31. The van der Waals surface area contributed by atoms with Gasteiger partial charge in [0, 0.05) is 37.1 Å². The van der Waals surface area contributed by atoms with Crippen molar-refractivity contribution in [2.45, 2.75) is 25.5 Å². The Balaban J connectivity index is 1.73. The van der Waals surface area contributed by atoms with E-state index in [1.54, 1.807) is 24.4 Å². The molecule has 9 heteroatoms. The van der Waals surface area contributed by atoms with E-state index in [1.165, 1.54) is 17.4 Å². The third-order valence-corrected chi connectivity index (χ3v) is 5.92. The topological polar surface area (TPSA) is 75.9 Å². The summed E-state index contributed by atoms with van der Waals surface area (Å²) in [6, 6.07) is 11.7. The van der Waals surface area contributed by atoms with Crippen LogP contribution in [0, 0.1) is 0 Å². The monoisotopic (exact) mass is 456 g/mol. The van der Waals surface area contributed by atoms with Crippen LogP contribution >= 0.6 is 23.4 Å². The zero-order chi connectivity index (χ0) is 22.2. The molecule has 0 unspecified atom stereocenters. The molecule has 3 aromatic rings. The summed E-state index contributed by atoms with van der Waals surface area (Å²) in [5.41, 5.74) is 2.61. The lowest BCUT2D eigenvalue weighted by atomic mass is 10.2. The van der Waals surface area contributed by atoms with Crippen molar-refractivity contribution in [2.75, 3.05) is 29.1 Å². The van der Waals surface area contributed by atoms with Gasteiger partial charge in [0.2, 0.25) is 5.91 Å². The van der Waals surface area contributed by atoms with Crippen molar-refractivity contribution in [1.29, 1.82) is 0 Å². The number of carbonyl (C=O) groups excluding carboxylic acids is 1. The molecular formula is C22H25ClN6OS. The Bertz CT molecular complexity index is 1030. The molecule has 0 atom stereocenters. The van der Waals surface area contributed by atoms with Gasteiger partial charge in [0.15, 0.2) is 16.1 Å². The summed E-state index contributed by atoms with van der Waals surface area (Å²) in [6.07, 6.45) is 3.36. The minimum Gasteiger partial charge on any atom is -0.372 e. The van der Waals surface area contributed by atoms with Crippen LogP contribution in [-0.4, -0.2) is 44.5 Å². The van der Waals surface area contributed by atoms with E-state index in [0.29, 0.717) is 17.4 Å². The van der Waals surface area contributed by atoms with E-state index in [4.69, 9.17) is 11.6 Å². The average Bonchev–Trinajstić information content (AvgIpc) is 3.18. The van der Waals surface area contributed by atoms with Crippen LogP contribution in [0.2, 0.25) is 5.15 Å². The number of aromatic nitrogens is 4. The minimum atomic E-state index is -0.196.